The standard InChI is InChI=1S/C25H30N4O5S/c1-25(2,3)29-23(31)20-10-7-18(15-21(20)24(29)32)22(30)26-16-17-5-8-19(9-6-17)35(33,34)28-13-11-27(4)12-14-28/h5-10,15H,11-14,16H2,1-4H3,(H,26,30). The molecule has 2 heterocycles. The van der Waals surface area contributed by atoms with Crippen molar-refractivity contribution in [3.05, 3.63) is 64.7 Å². The first-order valence-electron chi connectivity index (χ1n) is 11.5. The first-order chi connectivity index (χ1) is 16.4. The average molecular weight is 499 g/mol. The van der Waals surface area contributed by atoms with E-state index in [-0.39, 0.29) is 28.5 Å². The predicted octanol–water partition coefficient (Wildman–Crippen LogP) is 1.95. The van der Waals surface area contributed by atoms with Gasteiger partial charge in [-0.05, 0) is 63.7 Å². The first-order valence-corrected chi connectivity index (χ1v) is 12.9. The first kappa shape index (κ1) is 25.0. The lowest BCUT2D eigenvalue weighted by molar-refractivity contribution is 0.0507. The maximum absolute atomic E-state index is 12.9. The van der Waals surface area contributed by atoms with E-state index >= 15 is 0 Å². The molecule has 2 aliphatic rings. The fourth-order valence-electron chi connectivity index (χ4n) is 4.23. The third kappa shape index (κ3) is 4.86. The summed E-state index contributed by atoms with van der Waals surface area (Å²) in [6.45, 7) is 7.84. The number of sulfonamides is 1. The van der Waals surface area contributed by atoms with E-state index < -0.39 is 27.4 Å². The van der Waals surface area contributed by atoms with Crippen molar-refractivity contribution < 1.29 is 22.8 Å². The molecule has 0 aliphatic carbocycles. The quantitative estimate of drug-likeness (QED) is 0.632. The summed E-state index contributed by atoms with van der Waals surface area (Å²) >= 11 is 0. The molecule has 2 aliphatic heterocycles. The maximum atomic E-state index is 12.9. The molecule has 3 amide bonds. The van der Waals surface area contributed by atoms with Gasteiger partial charge in [0.1, 0.15) is 0 Å². The number of carbonyl (C=O) groups is 3. The van der Waals surface area contributed by atoms with Crippen LogP contribution in [0, 0.1) is 0 Å². The Morgan fingerprint density at radius 2 is 1.51 bits per heavy atom. The minimum atomic E-state index is -3.55. The van der Waals surface area contributed by atoms with Crippen LogP contribution in [-0.2, 0) is 16.6 Å². The van der Waals surface area contributed by atoms with Crippen molar-refractivity contribution in [1.29, 1.82) is 0 Å². The van der Waals surface area contributed by atoms with E-state index in [0.717, 1.165) is 5.56 Å². The number of piperazine rings is 1. The number of nitrogens with zero attached hydrogens (tertiary/aromatic N) is 3. The van der Waals surface area contributed by atoms with Gasteiger partial charge >= 0.3 is 0 Å². The number of benzene rings is 2. The SMILES string of the molecule is CN1CCN(S(=O)(=O)c2ccc(CNC(=O)c3ccc4c(c3)C(=O)N(C(C)(C)C)C4=O)cc2)CC1. The number of fused-ring (bicyclic) bond motifs is 1. The summed E-state index contributed by atoms with van der Waals surface area (Å²) < 4.78 is 27.2. The van der Waals surface area contributed by atoms with Gasteiger partial charge in [-0.3, -0.25) is 19.3 Å². The number of imide groups is 1. The van der Waals surface area contributed by atoms with Crippen LogP contribution < -0.4 is 5.32 Å². The van der Waals surface area contributed by atoms with Crippen LogP contribution in [-0.4, -0.2) is 79.0 Å². The molecule has 0 atom stereocenters. The van der Waals surface area contributed by atoms with Gasteiger partial charge in [-0.25, -0.2) is 8.42 Å². The average Bonchev–Trinajstić information content (AvgIpc) is 3.07. The molecule has 9 nitrogen and oxygen atoms in total. The number of likely N-dealkylation sites (N-methyl/N-ethyl adjacent to an activating group) is 1. The van der Waals surface area contributed by atoms with Crippen molar-refractivity contribution in [3.63, 3.8) is 0 Å². The highest BCUT2D eigenvalue weighted by Gasteiger charge is 2.42. The highest BCUT2D eigenvalue weighted by molar-refractivity contribution is 7.89. The lowest BCUT2D eigenvalue weighted by atomic mass is 10.1. The summed E-state index contributed by atoms with van der Waals surface area (Å²) in [5.41, 5.74) is 0.853. The minimum Gasteiger partial charge on any atom is -0.348 e. The van der Waals surface area contributed by atoms with Crippen LogP contribution in [0.2, 0.25) is 0 Å². The zero-order chi connectivity index (χ0) is 25.5. The Kier molecular flexibility index (Phi) is 6.56. The van der Waals surface area contributed by atoms with Crippen LogP contribution in [0.3, 0.4) is 0 Å². The number of rotatable bonds is 5. The molecule has 35 heavy (non-hydrogen) atoms. The van der Waals surface area contributed by atoms with Crippen molar-refractivity contribution in [3.8, 4) is 0 Å². The van der Waals surface area contributed by atoms with Crippen LogP contribution in [0.25, 0.3) is 0 Å². The van der Waals surface area contributed by atoms with Gasteiger partial charge in [0.25, 0.3) is 17.7 Å². The van der Waals surface area contributed by atoms with Crippen LogP contribution in [0.5, 0.6) is 0 Å². The van der Waals surface area contributed by atoms with Gasteiger partial charge in [0.15, 0.2) is 0 Å². The zero-order valence-corrected chi connectivity index (χ0v) is 21.2. The monoisotopic (exact) mass is 498 g/mol. The molecule has 2 aromatic rings. The van der Waals surface area contributed by atoms with E-state index in [4.69, 9.17) is 0 Å². The van der Waals surface area contributed by atoms with Gasteiger partial charge in [0.2, 0.25) is 10.0 Å². The number of amides is 3. The van der Waals surface area contributed by atoms with Gasteiger partial charge in [-0.2, -0.15) is 4.31 Å². The molecule has 0 saturated carbocycles. The summed E-state index contributed by atoms with van der Waals surface area (Å²) in [6.07, 6.45) is 0. The molecule has 10 heteroatoms. The van der Waals surface area contributed by atoms with Crippen molar-refractivity contribution in [2.24, 2.45) is 0 Å². The molecule has 0 spiro atoms. The zero-order valence-electron chi connectivity index (χ0n) is 20.4. The Balaban J connectivity index is 1.41. The summed E-state index contributed by atoms with van der Waals surface area (Å²) in [6, 6.07) is 10.9. The number of hydrogen-bond donors (Lipinski definition) is 1. The predicted molar refractivity (Wildman–Crippen MR) is 131 cm³/mol. The molecule has 1 saturated heterocycles. The summed E-state index contributed by atoms with van der Waals surface area (Å²) in [7, 11) is -1.59. The molecular weight excluding hydrogens is 468 g/mol. The normalized spacial score (nSPS) is 17.5. The molecule has 4 rings (SSSR count). The third-order valence-corrected chi connectivity index (χ3v) is 8.21. The van der Waals surface area contributed by atoms with E-state index in [0.29, 0.717) is 31.7 Å². The van der Waals surface area contributed by atoms with Gasteiger partial charge in [-0.15, -0.1) is 0 Å². The van der Waals surface area contributed by atoms with Gasteiger partial charge < -0.3 is 10.2 Å². The van der Waals surface area contributed by atoms with E-state index in [2.05, 4.69) is 10.2 Å². The Hall–Kier alpha value is -3.08. The second-order valence-corrected chi connectivity index (χ2v) is 11.8. The Morgan fingerprint density at radius 3 is 2.11 bits per heavy atom. The van der Waals surface area contributed by atoms with E-state index in [9.17, 15) is 22.8 Å². The molecule has 0 radical (unpaired) electrons. The molecule has 0 aromatic heterocycles. The molecule has 1 N–H and O–H groups in total. The Morgan fingerprint density at radius 1 is 0.914 bits per heavy atom. The highest BCUT2D eigenvalue weighted by Crippen LogP contribution is 2.30. The number of hydrogen-bond acceptors (Lipinski definition) is 6. The van der Waals surface area contributed by atoms with Gasteiger partial charge in [0, 0.05) is 43.8 Å². The van der Waals surface area contributed by atoms with Crippen LogP contribution in [0.15, 0.2) is 47.4 Å². The molecule has 186 valence electrons. The molecule has 0 bridgehead atoms. The van der Waals surface area contributed by atoms with Gasteiger partial charge in [-0.1, -0.05) is 12.1 Å². The van der Waals surface area contributed by atoms with Gasteiger partial charge in [0.05, 0.1) is 16.0 Å². The summed E-state index contributed by atoms with van der Waals surface area (Å²) in [5.74, 6) is -1.17. The van der Waals surface area contributed by atoms with Crippen molar-refractivity contribution in [2.45, 2.75) is 37.8 Å². The smallest absolute Gasteiger partial charge is 0.262 e. The summed E-state index contributed by atoms with van der Waals surface area (Å²) in [5, 5.41) is 2.79. The fourth-order valence-corrected chi connectivity index (χ4v) is 5.65. The minimum absolute atomic E-state index is 0.186. The van der Waals surface area contributed by atoms with E-state index in [1.165, 1.54) is 27.4 Å². The van der Waals surface area contributed by atoms with Crippen molar-refractivity contribution in [1.82, 2.24) is 19.4 Å². The number of nitrogens with one attached hydrogen (secondary N) is 1. The largest absolute Gasteiger partial charge is 0.348 e. The Labute approximate surface area is 205 Å². The molecule has 0 unspecified atom stereocenters. The van der Waals surface area contributed by atoms with E-state index in [1.54, 1.807) is 45.0 Å². The second-order valence-electron chi connectivity index (χ2n) is 9.91. The highest BCUT2D eigenvalue weighted by atomic mass is 32.2. The Bertz CT molecular complexity index is 1270. The van der Waals surface area contributed by atoms with E-state index in [1.807, 2.05) is 7.05 Å². The van der Waals surface area contributed by atoms with Crippen LogP contribution in [0.1, 0.15) is 57.4 Å². The maximum Gasteiger partial charge on any atom is 0.262 e. The lowest BCUT2D eigenvalue weighted by Gasteiger charge is -2.31. The summed E-state index contributed by atoms with van der Waals surface area (Å²) in [4.78, 5) is 41.6. The topological polar surface area (TPSA) is 107 Å². The second kappa shape index (κ2) is 9.18. The fraction of sp³-hybridized carbons (Fsp3) is 0.400. The third-order valence-electron chi connectivity index (χ3n) is 6.30. The molecule has 1 fully saturated rings. The van der Waals surface area contributed by atoms with Crippen LogP contribution in [0.4, 0.5) is 0 Å². The van der Waals surface area contributed by atoms with Crippen molar-refractivity contribution >= 4 is 27.7 Å². The number of carbonyl (C=O) groups excluding carboxylic acids is 3. The van der Waals surface area contributed by atoms with Crippen molar-refractivity contribution in [2.75, 3.05) is 33.2 Å². The lowest BCUT2D eigenvalue weighted by Crippen LogP contribution is -2.47. The molecular formula is C25H30N4O5S. The van der Waals surface area contributed by atoms with Crippen LogP contribution >= 0.6 is 0 Å². The molecule has 2 aromatic carbocycles.